The van der Waals surface area contributed by atoms with E-state index < -0.39 is 96.4 Å². The average molecular weight is 900 g/mol. The number of thiol groups is 1. The lowest BCUT2D eigenvalue weighted by atomic mass is 10.1. The number of halogens is 2. The number of aromatic hydroxyl groups is 1. The quantitative estimate of drug-likeness (QED) is 0.0460. The van der Waals surface area contributed by atoms with Gasteiger partial charge in [0.1, 0.15) is 54.0 Å². The van der Waals surface area contributed by atoms with Gasteiger partial charge in [-0.05, 0) is 48.0 Å². The summed E-state index contributed by atoms with van der Waals surface area (Å²) in [7, 11) is -9.87. The predicted octanol–water partition coefficient (Wildman–Crippen LogP) is 2.18. The third kappa shape index (κ3) is 9.02. The van der Waals surface area contributed by atoms with Crippen molar-refractivity contribution in [3.8, 4) is 11.5 Å². The van der Waals surface area contributed by atoms with Gasteiger partial charge in [-0.3, -0.25) is 22.7 Å². The standard InChI is InChI=1S/C34H37F2N7O14P2S/c35-24-21-11-51-58(48,16-60-13-17-1-7-20(8-2-17)53-33(46)18-3-5-19(44)6-4-18)56-27-22(55-31(25(27)36)42-10-9-23(45)41-34(42)47)12-52-59(49,50)57-28(24)32(54-21)43-15-40-26-29(37)38-14-39-30(26)43/h1-10,14-16,21-25,27-28,31-32,34,41,44-45,47,60H,11-13H2,(H,49,50)(H2,37,38,39)/t21-,22-,23?,24-,25-,27-,28-,31-,32-,34?,58?/m1/s1. The first-order chi connectivity index (χ1) is 28.7. The third-order valence-corrected chi connectivity index (χ3v) is 14.0. The molecule has 0 aliphatic carbocycles. The highest BCUT2D eigenvalue weighted by molar-refractivity contribution is 8.06. The van der Waals surface area contributed by atoms with Gasteiger partial charge in [-0.25, -0.2) is 38.4 Å². The molecule has 2 aromatic carbocycles. The number of phosphoric ester groups is 1. The lowest BCUT2D eigenvalue weighted by Gasteiger charge is -2.36. The number of nitrogens with two attached hydrogens (primary N) is 1. The first-order valence-corrected chi connectivity index (χ1v) is 22.2. The molecule has 4 unspecified atom stereocenters. The normalized spacial score (nSPS) is 35.0. The number of benzene rings is 2. The zero-order valence-corrected chi connectivity index (χ0v) is 33.4. The molecule has 2 bridgehead atoms. The Kier molecular flexibility index (Phi) is 12.2. The van der Waals surface area contributed by atoms with Crippen molar-refractivity contribution in [3.05, 3.63) is 84.6 Å². The Morgan fingerprint density at radius 2 is 1.70 bits per heavy atom. The molecular formula is C34H37F2N7O14P2S. The second-order valence-electron chi connectivity index (χ2n) is 13.7. The minimum atomic E-state index is -5.25. The molecule has 60 heavy (non-hydrogen) atoms. The summed E-state index contributed by atoms with van der Waals surface area (Å²) in [5, 5.41) is 33.4. The first kappa shape index (κ1) is 42.4. The predicted molar refractivity (Wildman–Crippen MR) is 206 cm³/mol. The van der Waals surface area contributed by atoms with Gasteiger partial charge < -0.3 is 49.6 Å². The molecule has 4 aromatic rings. The number of rotatable bonds is 7. The highest BCUT2D eigenvalue weighted by Crippen LogP contribution is 2.55. The number of phenols is 1. The molecule has 322 valence electrons. The Bertz CT molecular complexity index is 2370. The van der Waals surface area contributed by atoms with Gasteiger partial charge in [-0.15, -0.1) is 0 Å². The number of aliphatic hydroxyl groups is 2. The number of hydrogen-bond acceptors (Lipinski definition) is 19. The summed E-state index contributed by atoms with van der Waals surface area (Å²) in [5.74, 6) is -0.296. The van der Waals surface area contributed by atoms with E-state index in [0.717, 1.165) is 22.5 Å². The molecule has 0 radical (unpaired) electrons. The number of phenolic OH excluding ortho intramolecular Hbond substituents is 1. The number of aliphatic hydroxyl groups excluding tert-OH is 2. The fourth-order valence-electron chi connectivity index (χ4n) is 6.66. The van der Waals surface area contributed by atoms with Crippen LogP contribution in [0, 0.1) is 0 Å². The van der Waals surface area contributed by atoms with Gasteiger partial charge in [0, 0.05) is 17.1 Å². The van der Waals surface area contributed by atoms with Crippen LogP contribution in [0.3, 0.4) is 0 Å². The maximum absolute atomic E-state index is 16.4. The number of alkyl halides is 2. The van der Waals surface area contributed by atoms with Crippen LogP contribution in [0.2, 0.25) is 0 Å². The Morgan fingerprint density at radius 3 is 2.45 bits per heavy atom. The molecule has 3 saturated heterocycles. The summed E-state index contributed by atoms with van der Waals surface area (Å²) in [6.07, 6.45) is -13.0. The molecule has 8 rings (SSSR count). The van der Waals surface area contributed by atoms with Crippen LogP contribution in [0.1, 0.15) is 22.1 Å². The van der Waals surface area contributed by atoms with Crippen molar-refractivity contribution in [2.45, 2.75) is 67.5 Å². The van der Waals surface area contributed by atoms with E-state index in [1.54, 1.807) is 12.1 Å². The smallest absolute Gasteiger partial charge is 0.472 e. The maximum atomic E-state index is 16.4. The second kappa shape index (κ2) is 17.2. The number of nitrogens with zero attached hydrogens (tertiary/aromatic N) is 5. The number of imidazole rings is 1. The first-order valence-electron chi connectivity index (χ1n) is 18.0. The van der Waals surface area contributed by atoms with Crippen molar-refractivity contribution >= 4 is 54.8 Å². The van der Waals surface area contributed by atoms with Crippen molar-refractivity contribution in [1.29, 1.82) is 0 Å². The minimum absolute atomic E-state index is 0.0139. The molecule has 0 saturated carbocycles. The molecule has 12 atom stereocenters. The van der Waals surface area contributed by atoms with Crippen molar-refractivity contribution in [2.24, 2.45) is 0 Å². The number of nitrogen functional groups attached to an aromatic ring is 1. The number of carbonyl (C=O) groups is 1. The number of nitrogens with one attached hydrogen (secondary N) is 1. The van der Waals surface area contributed by atoms with E-state index in [-0.39, 0.29) is 51.1 Å². The van der Waals surface area contributed by atoms with Crippen LogP contribution in [-0.2, 0) is 42.5 Å². The maximum Gasteiger partial charge on any atom is 0.472 e. The van der Waals surface area contributed by atoms with Gasteiger partial charge in [0.25, 0.3) is 0 Å². The zero-order chi connectivity index (χ0) is 42.3. The molecule has 0 spiro atoms. The number of carbonyl (C=O) groups excluding carboxylic acids is 1. The largest absolute Gasteiger partial charge is 0.508 e. The summed E-state index contributed by atoms with van der Waals surface area (Å²) in [4.78, 5) is 36.5. The van der Waals surface area contributed by atoms with Crippen LogP contribution in [-0.4, -0.2) is 124 Å². The Morgan fingerprint density at radius 1 is 0.967 bits per heavy atom. The van der Waals surface area contributed by atoms with Crippen LogP contribution < -0.4 is 15.8 Å². The van der Waals surface area contributed by atoms with Crippen LogP contribution in [0.5, 0.6) is 11.5 Å². The van der Waals surface area contributed by atoms with Crippen molar-refractivity contribution in [2.75, 3.05) is 18.9 Å². The van der Waals surface area contributed by atoms with Gasteiger partial charge in [-0.2, -0.15) is 11.4 Å². The van der Waals surface area contributed by atoms with Crippen LogP contribution >= 0.6 is 26.8 Å². The molecule has 6 heterocycles. The fourth-order valence-corrected chi connectivity index (χ4v) is 10.6. The van der Waals surface area contributed by atoms with E-state index in [4.69, 9.17) is 38.0 Å². The number of esters is 1. The van der Waals surface area contributed by atoms with Gasteiger partial charge in [0.05, 0.1) is 25.1 Å². The number of fused-ring (bicyclic) bond motifs is 4. The molecule has 0 amide bonds. The van der Waals surface area contributed by atoms with E-state index in [0.29, 0.717) is 5.56 Å². The highest BCUT2D eigenvalue weighted by atomic mass is 32.1. The summed E-state index contributed by atoms with van der Waals surface area (Å²) >= 11 is 0.286. The van der Waals surface area contributed by atoms with Gasteiger partial charge in [-0.1, -0.05) is 12.1 Å². The van der Waals surface area contributed by atoms with Crippen LogP contribution in [0.25, 0.3) is 11.2 Å². The highest BCUT2D eigenvalue weighted by Gasteiger charge is 2.55. The fraction of sp³-hybridized carbons (Fsp3) is 0.382. The Hall–Kier alpha value is -4.26. The number of aromatic nitrogens is 4. The average Bonchev–Trinajstić information content (AvgIpc) is 3.87. The van der Waals surface area contributed by atoms with E-state index in [1.807, 2.05) is 0 Å². The topological polar surface area (TPSA) is 282 Å². The number of ether oxygens (including phenoxy) is 3. The number of hydrogen-bond donors (Lipinski definition) is 7. The molecule has 4 aliphatic heterocycles. The lowest BCUT2D eigenvalue weighted by molar-refractivity contribution is -0.146. The molecular weight excluding hydrogens is 862 g/mol. The zero-order valence-electron chi connectivity index (χ0n) is 30.7. The monoisotopic (exact) mass is 899 g/mol. The molecule has 21 nitrogen and oxygen atoms in total. The van der Waals surface area contributed by atoms with Gasteiger partial charge in [0.2, 0.25) is 0 Å². The lowest BCUT2D eigenvalue weighted by Crippen LogP contribution is -2.56. The van der Waals surface area contributed by atoms with Gasteiger partial charge in [0.15, 0.2) is 42.6 Å². The molecule has 26 heteroatoms. The van der Waals surface area contributed by atoms with E-state index in [2.05, 4.69) is 20.3 Å². The molecule has 3 fully saturated rings. The van der Waals surface area contributed by atoms with Crippen molar-refractivity contribution in [1.82, 2.24) is 29.7 Å². The van der Waals surface area contributed by atoms with Crippen LogP contribution in [0.15, 0.2) is 73.5 Å². The summed E-state index contributed by atoms with van der Waals surface area (Å²) in [6.45, 7) is -1.74. The number of phosphoric acid groups is 1. The SMILES string of the molecule is Nc1ncnc2c1ncn2[C@@H]1O[C@@H]2COP(=O)(/C=[SH]/Cc3ccc(OC(=O)c4ccc(O)cc4)cc3)O[C@H]3[C@@H](F)[C@H](N4C=CC(O)NC4O)O[C@@H]3COP(=O)(O)O[C@@H]1[C@@H]2F. The van der Waals surface area contributed by atoms with Crippen molar-refractivity contribution in [3.63, 3.8) is 0 Å². The summed E-state index contributed by atoms with van der Waals surface area (Å²) < 4.78 is 101. The van der Waals surface area contributed by atoms with Gasteiger partial charge >= 0.3 is 21.4 Å². The Labute approximate surface area is 341 Å². The molecule has 7 N–H and O–H groups in total. The summed E-state index contributed by atoms with van der Waals surface area (Å²) in [6, 6.07) is 11.8. The van der Waals surface area contributed by atoms with Crippen LogP contribution in [0.4, 0.5) is 14.6 Å². The summed E-state index contributed by atoms with van der Waals surface area (Å²) in [5.41, 5.74) is 6.97. The van der Waals surface area contributed by atoms with E-state index >= 15 is 8.78 Å². The van der Waals surface area contributed by atoms with E-state index in [1.165, 1.54) is 53.4 Å². The van der Waals surface area contributed by atoms with Crippen molar-refractivity contribution < 1.29 is 75.2 Å². The van der Waals surface area contributed by atoms with E-state index in [9.17, 15) is 34.1 Å². The third-order valence-electron chi connectivity index (χ3n) is 9.61. The molecule has 2 aromatic heterocycles. The second-order valence-corrected chi connectivity index (χ2v) is 18.2. The molecule has 4 aliphatic rings. The Balaban J connectivity index is 1.06. The minimum Gasteiger partial charge on any atom is -0.508 e. The number of anilines is 1.